The Hall–Kier alpha value is -3.12. The van der Waals surface area contributed by atoms with Crippen LogP contribution in [0.1, 0.15) is 24.4 Å². The normalized spacial score (nSPS) is 16.9. The fourth-order valence-corrected chi connectivity index (χ4v) is 3.56. The Balaban J connectivity index is 1.46. The van der Waals surface area contributed by atoms with Gasteiger partial charge in [0.05, 0.1) is 13.2 Å². The maximum absolute atomic E-state index is 12.4. The number of anilines is 1. The second kappa shape index (κ2) is 8.27. The number of ether oxygens (including phenoxy) is 1. The van der Waals surface area contributed by atoms with E-state index in [4.69, 9.17) is 4.74 Å². The molecule has 0 bridgehead atoms. The zero-order valence-corrected chi connectivity index (χ0v) is 15.6. The average molecular weight is 377 g/mol. The van der Waals surface area contributed by atoms with Crippen LogP contribution in [-0.4, -0.2) is 29.5 Å². The number of hydrogen-bond donors (Lipinski definition) is 2. The van der Waals surface area contributed by atoms with E-state index in [1.165, 1.54) is 0 Å². The van der Waals surface area contributed by atoms with Crippen molar-refractivity contribution in [2.45, 2.75) is 25.5 Å². The molecule has 0 spiro atoms. The van der Waals surface area contributed by atoms with Crippen molar-refractivity contribution < 1.29 is 14.3 Å². The summed E-state index contributed by atoms with van der Waals surface area (Å²) in [5.74, 6) is 0.426. The lowest BCUT2D eigenvalue weighted by Crippen LogP contribution is -2.41. The van der Waals surface area contributed by atoms with Gasteiger partial charge in [-0.3, -0.25) is 14.9 Å². The van der Waals surface area contributed by atoms with Crippen molar-refractivity contribution >= 4 is 28.4 Å². The van der Waals surface area contributed by atoms with Crippen molar-refractivity contribution in [3.8, 4) is 0 Å². The lowest BCUT2D eigenvalue weighted by Gasteiger charge is -2.24. The van der Waals surface area contributed by atoms with E-state index in [1.807, 2.05) is 65.4 Å². The quantitative estimate of drug-likeness (QED) is 0.490. The highest BCUT2D eigenvalue weighted by Crippen LogP contribution is 2.31. The fraction of sp³-hybridized carbons (Fsp3) is 0.273. The molecule has 2 amide bonds. The van der Waals surface area contributed by atoms with Gasteiger partial charge in [-0.1, -0.05) is 54.6 Å². The molecule has 0 radical (unpaired) electrons. The minimum absolute atomic E-state index is 0.207. The maximum Gasteiger partial charge on any atom is 0.249 e. The molecule has 6 heteroatoms. The van der Waals surface area contributed by atoms with Crippen molar-refractivity contribution in [3.05, 3.63) is 66.4 Å². The van der Waals surface area contributed by atoms with Gasteiger partial charge in [-0.05, 0) is 12.0 Å². The highest BCUT2D eigenvalue weighted by molar-refractivity contribution is 6.01. The zero-order chi connectivity index (χ0) is 19.3. The van der Waals surface area contributed by atoms with E-state index in [2.05, 4.69) is 10.6 Å². The van der Waals surface area contributed by atoms with Crippen molar-refractivity contribution in [2.24, 2.45) is 0 Å². The van der Waals surface area contributed by atoms with Gasteiger partial charge in [-0.2, -0.15) is 0 Å². The predicted octanol–water partition coefficient (Wildman–Crippen LogP) is 3.25. The van der Waals surface area contributed by atoms with Gasteiger partial charge >= 0.3 is 0 Å². The first-order valence-electron chi connectivity index (χ1n) is 9.51. The van der Waals surface area contributed by atoms with Gasteiger partial charge in [0.15, 0.2) is 0 Å². The molecule has 0 saturated carbocycles. The van der Waals surface area contributed by atoms with Crippen LogP contribution in [0.3, 0.4) is 0 Å². The molecular formula is C22H23N3O3. The summed E-state index contributed by atoms with van der Waals surface area (Å²) >= 11 is 0. The minimum Gasteiger partial charge on any atom is -0.375 e. The molecular weight excluding hydrogens is 354 g/mol. The number of nitrogens with one attached hydrogen (secondary N) is 2. The van der Waals surface area contributed by atoms with Gasteiger partial charge in [-0.25, -0.2) is 0 Å². The molecule has 28 heavy (non-hydrogen) atoms. The average Bonchev–Trinajstić information content (AvgIpc) is 3.07. The lowest BCUT2D eigenvalue weighted by atomic mass is 10.1. The third kappa shape index (κ3) is 3.92. The Morgan fingerprint density at radius 3 is 2.68 bits per heavy atom. The van der Waals surface area contributed by atoms with E-state index < -0.39 is 6.04 Å². The molecule has 1 unspecified atom stereocenters. The molecule has 1 fully saturated rings. The first-order chi connectivity index (χ1) is 13.7. The van der Waals surface area contributed by atoms with Gasteiger partial charge in [0.25, 0.3) is 0 Å². The fourth-order valence-electron chi connectivity index (χ4n) is 3.56. The van der Waals surface area contributed by atoms with Crippen molar-refractivity contribution in [2.75, 3.05) is 18.5 Å². The molecule has 6 nitrogen and oxygen atoms in total. The number of hydrogen-bond acceptors (Lipinski definition) is 4. The molecule has 2 heterocycles. The first-order valence-corrected chi connectivity index (χ1v) is 9.51. The Morgan fingerprint density at radius 1 is 1.07 bits per heavy atom. The molecule has 1 atom stereocenters. The molecule has 1 aliphatic heterocycles. The number of rotatable bonds is 7. The van der Waals surface area contributed by atoms with Crippen LogP contribution in [-0.2, 0) is 20.9 Å². The van der Waals surface area contributed by atoms with Gasteiger partial charge in [0, 0.05) is 29.9 Å². The van der Waals surface area contributed by atoms with Crippen LogP contribution in [0.15, 0.2) is 60.8 Å². The van der Waals surface area contributed by atoms with Crippen molar-refractivity contribution in [1.29, 1.82) is 0 Å². The number of aromatic nitrogens is 1. The number of imide groups is 1. The Kier molecular flexibility index (Phi) is 5.39. The van der Waals surface area contributed by atoms with E-state index in [1.54, 1.807) is 0 Å². The van der Waals surface area contributed by atoms with Crippen LogP contribution in [0.4, 0.5) is 5.82 Å². The molecule has 1 saturated heterocycles. The second-order valence-electron chi connectivity index (χ2n) is 6.90. The largest absolute Gasteiger partial charge is 0.375 e. The third-order valence-electron chi connectivity index (χ3n) is 4.95. The van der Waals surface area contributed by atoms with Crippen LogP contribution < -0.4 is 10.6 Å². The number of nitrogens with zero attached hydrogens (tertiary/aromatic N) is 1. The lowest BCUT2D eigenvalue weighted by molar-refractivity contribution is -0.135. The standard InChI is InChI=1S/C22H23N3O3/c26-20-11-10-19(22(27)24-20)25-14-17-8-4-5-9-18(17)21(25)23-12-13-28-15-16-6-2-1-3-7-16/h1-9,14,19,23H,10-13,15H2,(H,24,26,27). The van der Waals surface area contributed by atoms with E-state index in [9.17, 15) is 9.59 Å². The molecule has 1 aliphatic rings. The van der Waals surface area contributed by atoms with Crippen LogP contribution in [0, 0.1) is 0 Å². The minimum atomic E-state index is -0.391. The van der Waals surface area contributed by atoms with Crippen LogP contribution >= 0.6 is 0 Å². The number of amides is 2. The first kappa shape index (κ1) is 18.3. The van der Waals surface area contributed by atoms with E-state index in [0.717, 1.165) is 22.2 Å². The SMILES string of the molecule is O=C1CCC(n2cc3ccccc3c2NCCOCc2ccccc2)C(=O)N1. The third-order valence-corrected chi connectivity index (χ3v) is 4.95. The number of fused-ring (bicyclic) bond motifs is 1. The summed E-state index contributed by atoms with van der Waals surface area (Å²) in [6, 6.07) is 17.7. The summed E-state index contributed by atoms with van der Waals surface area (Å²) in [5.41, 5.74) is 1.14. The van der Waals surface area contributed by atoms with Crippen LogP contribution in [0.2, 0.25) is 0 Å². The molecule has 3 aromatic rings. The maximum atomic E-state index is 12.4. The van der Waals surface area contributed by atoms with E-state index in [-0.39, 0.29) is 11.8 Å². The second-order valence-corrected chi connectivity index (χ2v) is 6.90. The Labute approximate surface area is 163 Å². The van der Waals surface area contributed by atoms with Crippen molar-refractivity contribution in [3.63, 3.8) is 0 Å². The topological polar surface area (TPSA) is 72.4 Å². The summed E-state index contributed by atoms with van der Waals surface area (Å²) in [6.45, 7) is 1.73. The van der Waals surface area contributed by atoms with E-state index in [0.29, 0.717) is 32.6 Å². The summed E-state index contributed by atoms with van der Waals surface area (Å²) in [7, 11) is 0. The van der Waals surface area contributed by atoms with E-state index >= 15 is 0 Å². The number of carbonyl (C=O) groups excluding carboxylic acids is 2. The zero-order valence-electron chi connectivity index (χ0n) is 15.6. The number of piperidine rings is 1. The van der Waals surface area contributed by atoms with Gasteiger partial charge < -0.3 is 14.6 Å². The summed E-state index contributed by atoms with van der Waals surface area (Å²) in [4.78, 5) is 23.9. The molecule has 1 aromatic heterocycles. The molecule has 4 rings (SSSR count). The highest BCUT2D eigenvalue weighted by atomic mass is 16.5. The van der Waals surface area contributed by atoms with Crippen LogP contribution in [0.5, 0.6) is 0 Å². The highest BCUT2D eigenvalue weighted by Gasteiger charge is 2.29. The number of benzene rings is 2. The monoisotopic (exact) mass is 377 g/mol. The molecule has 2 aromatic carbocycles. The predicted molar refractivity (Wildman–Crippen MR) is 108 cm³/mol. The van der Waals surface area contributed by atoms with Gasteiger partial charge in [-0.15, -0.1) is 0 Å². The summed E-state index contributed by atoms with van der Waals surface area (Å²) in [5, 5.41) is 7.97. The number of carbonyl (C=O) groups is 2. The van der Waals surface area contributed by atoms with Gasteiger partial charge in [0.1, 0.15) is 11.9 Å². The molecule has 0 aliphatic carbocycles. The smallest absolute Gasteiger partial charge is 0.249 e. The summed E-state index contributed by atoms with van der Waals surface area (Å²) in [6.07, 6.45) is 2.83. The Bertz CT molecular complexity index is 981. The van der Waals surface area contributed by atoms with Gasteiger partial charge in [0.2, 0.25) is 11.8 Å². The summed E-state index contributed by atoms with van der Waals surface area (Å²) < 4.78 is 7.70. The van der Waals surface area contributed by atoms with Crippen molar-refractivity contribution in [1.82, 2.24) is 9.88 Å². The molecule has 2 N–H and O–H groups in total. The van der Waals surface area contributed by atoms with Crippen LogP contribution in [0.25, 0.3) is 10.8 Å². The molecule has 144 valence electrons. The Morgan fingerprint density at radius 2 is 1.86 bits per heavy atom.